The first-order chi connectivity index (χ1) is 11.5. The lowest BCUT2D eigenvalue weighted by Crippen LogP contribution is -2.42. The van der Waals surface area contributed by atoms with Crippen molar-refractivity contribution in [2.24, 2.45) is 0 Å². The van der Waals surface area contributed by atoms with Crippen molar-refractivity contribution in [2.45, 2.75) is 70.0 Å². The molecule has 2 aliphatic heterocycles. The van der Waals surface area contributed by atoms with Gasteiger partial charge in [-0.25, -0.2) is 9.78 Å². The molecule has 1 amide bonds. The average Bonchev–Trinajstić information content (AvgIpc) is 3.02. The van der Waals surface area contributed by atoms with Gasteiger partial charge in [-0.3, -0.25) is 4.90 Å². The second kappa shape index (κ2) is 6.07. The van der Waals surface area contributed by atoms with E-state index >= 15 is 0 Å². The van der Waals surface area contributed by atoms with E-state index in [4.69, 9.17) is 9.47 Å². The Morgan fingerprint density at radius 3 is 2.52 bits per heavy atom. The maximum absolute atomic E-state index is 12.6. The lowest BCUT2D eigenvalue weighted by atomic mass is 9.98. The smallest absolute Gasteiger partial charge is 0.417 e. The van der Waals surface area contributed by atoms with Gasteiger partial charge in [-0.2, -0.15) is 13.2 Å². The van der Waals surface area contributed by atoms with Crippen molar-refractivity contribution < 1.29 is 27.4 Å². The van der Waals surface area contributed by atoms with E-state index in [1.807, 2.05) is 20.8 Å². The van der Waals surface area contributed by atoms with Gasteiger partial charge in [0, 0.05) is 24.7 Å². The Kier molecular flexibility index (Phi) is 4.33. The van der Waals surface area contributed by atoms with Crippen molar-refractivity contribution in [1.82, 2.24) is 9.88 Å². The van der Waals surface area contributed by atoms with E-state index in [1.165, 1.54) is 6.07 Å². The van der Waals surface area contributed by atoms with Gasteiger partial charge in [0.25, 0.3) is 0 Å². The van der Waals surface area contributed by atoms with Gasteiger partial charge in [0.2, 0.25) is 5.88 Å². The van der Waals surface area contributed by atoms with E-state index in [1.54, 1.807) is 4.90 Å². The van der Waals surface area contributed by atoms with Gasteiger partial charge < -0.3 is 9.47 Å². The Balaban J connectivity index is 1.66. The number of ether oxygens (including phenoxy) is 2. The molecule has 1 aromatic rings. The van der Waals surface area contributed by atoms with Gasteiger partial charge in [0.05, 0.1) is 11.6 Å². The molecule has 0 radical (unpaired) electrons. The summed E-state index contributed by atoms with van der Waals surface area (Å²) in [7, 11) is 0. The van der Waals surface area contributed by atoms with Gasteiger partial charge >= 0.3 is 12.3 Å². The minimum atomic E-state index is -4.43. The number of alkyl halides is 3. The Labute approximate surface area is 144 Å². The Bertz CT molecular complexity index is 640. The van der Waals surface area contributed by atoms with Gasteiger partial charge in [-0.05, 0) is 39.7 Å². The molecule has 25 heavy (non-hydrogen) atoms. The molecule has 1 aromatic heterocycles. The van der Waals surface area contributed by atoms with Crippen LogP contribution < -0.4 is 4.74 Å². The number of amides is 1. The summed E-state index contributed by atoms with van der Waals surface area (Å²) in [6.07, 6.45) is -2.02. The lowest BCUT2D eigenvalue weighted by Gasteiger charge is -2.28. The Hall–Kier alpha value is -1.99. The summed E-state index contributed by atoms with van der Waals surface area (Å²) in [5, 5.41) is 0. The van der Waals surface area contributed by atoms with Crippen molar-refractivity contribution in [3.63, 3.8) is 0 Å². The van der Waals surface area contributed by atoms with Crippen LogP contribution in [0.4, 0.5) is 18.0 Å². The van der Waals surface area contributed by atoms with Gasteiger partial charge in [-0.15, -0.1) is 0 Å². The first-order valence-corrected chi connectivity index (χ1v) is 8.26. The average molecular weight is 358 g/mol. The third-order valence-electron chi connectivity index (χ3n) is 4.42. The number of aromatic nitrogens is 1. The predicted molar refractivity (Wildman–Crippen MR) is 83.2 cm³/mol. The number of carbonyl (C=O) groups is 1. The van der Waals surface area contributed by atoms with Crippen LogP contribution in [0.25, 0.3) is 0 Å². The Morgan fingerprint density at radius 1 is 1.24 bits per heavy atom. The van der Waals surface area contributed by atoms with Gasteiger partial charge in [-0.1, -0.05) is 0 Å². The highest BCUT2D eigenvalue weighted by molar-refractivity contribution is 5.70. The number of nitrogens with zero attached hydrogens (tertiary/aromatic N) is 2. The second-order valence-electron chi connectivity index (χ2n) is 7.46. The summed E-state index contributed by atoms with van der Waals surface area (Å²) in [4.78, 5) is 17.8. The molecular formula is C17H21F3N2O3. The summed E-state index contributed by atoms with van der Waals surface area (Å²) in [6.45, 7) is 5.43. The molecule has 0 spiro atoms. The van der Waals surface area contributed by atoms with E-state index in [9.17, 15) is 18.0 Å². The third-order valence-corrected chi connectivity index (χ3v) is 4.42. The normalized spacial score (nSPS) is 26.0. The molecule has 2 bridgehead atoms. The monoisotopic (exact) mass is 358 g/mol. The van der Waals surface area contributed by atoms with Gasteiger partial charge in [0.15, 0.2) is 0 Å². The van der Waals surface area contributed by atoms with Crippen LogP contribution >= 0.6 is 0 Å². The van der Waals surface area contributed by atoms with E-state index in [-0.39, 0.29) is 30.2 Å². The molecule has 2 aliphatic rings. The maximum atomic E-state index is 12.6. The van der Waals surface area contributed by atoms with Crippen LogP contribution in [0, 0.1) is 0 Å². The fourth-order valence-electron chi connectivity index (χ4n) is 3.43. The molecule has 3 rings (SSSR count). The second-order valence-corrected chi connectivity index (χ2v) is 7.46. The summed E-state index contributed by atoms with van der Waals surface area (Å²) >= 11 is 0. The van der Waals surface area contributed by atoms with E-state index in [0.29, 0.717) is 6.42 Å². The number of carbonyl (C=O) groups excluding carboxylic acids is 1. The number of pyridine rings is 1. The molecule has 5 nitrogen and oxygen atoms in total. The molecule has 138 valence electrons. The van der Waals surface area contributed by atoms with Gasteiger partial charge in [0.1, 0.15) is 11.7 Å². The number of fused-ring (bicyclic) bond motifs is 2. The highest BCUT2D eigenvalue weighted by Gasteiger charge is 2.51. The van der Waals surface area contributed by atoms with Crippen LogP contribution in [-0.4, -0.2) is 39.8 Å². The predicted octanol–water partition coefficient (Wildman–Crippen LogP) is 4.02. The van der Waals surface area contributed by atoms with E-state index < -0.39 is 17.3 Å². The molecule has 2 saturated heterocycles. The molecule has 0 N–H and O–H groups in total. The molecular weight excluding hydrogens is 337 g/mol. The number of rotatable bonds is 2. The largest absolute Gasteiger partial charge is 0.472 e. The molecule has 0 aliphatic carbocycles. The molecule has 0 saturated carbocycles. The van der Waals surface area contributed by atoms with Crippen molar-refractivity contribution in [3.05, 3.63) is 23.9 Å². The van der Waals surface area contributed by atoms with Crippen LogP contribution in [-0.2, 0) is 10.9 Å². The molecule has 3 atom stereocenters. The van der Waals surface area contributed by atoms with E-state index in [0.717, 1.165) is 25.1 Å². The minimum Gasteiger partial charge on any atom is -0.472 e. The van der Waals surface area contributed by atoms with Crippen LogP contribution in [0.5, 0.6) is 5.88 Å². The zero-order valence-corrected chi connectivity index (χ0v) is 14.3. The maximum Gasteiger partial charge on any atom is 0.417 e. The summed E-state index contributed by atoms with van der Waals surface area (Å²) < 4.78 is 49.0. The highest BCUT2D eigenvalue weighted by atomic mass is 19.4. The number of hydrogen-bond donors (Lipinski definition) is 0. The fraction of sp³-hybridized carbons (Fsp3) is 0.647. The first-order valence-electron chi connectivity index (χ1n) is 8.26. The fourth-order valence-corrected chi connectivity index (χ4v) is 3.43. The SMILES string of the molecule is CC(C)(C)OC(=O)N1C2CCC1C(Oc1ccc(C(F)(F)F)cn1)C2. The first kappa shape index (κ1) is 17.8. The molecule has 8 heteroatoms. The van der Waals surface area contributed by atoms with E-state index in [2.05, 4.69) is 4.98 Å². The third kappa shape index (κ3) is 3.82. The molecule has 3 heterocycles. The van der Waals surface area contributed by atoms with Crippen LogP contribution in [0.15, 0.2) is 18.3 Å². The zero-order chi connectivity index (χ0) is 18.4. The molecule has 2 fully saturated rings. The number of hydrogen-bond acceptors (Lipinski definition) is 4. The topological polar surface area (TPSA) is 51.7 Å². The van der Waals surface area contributed by atoms with Crippen LogP contribution in [0.1, 0.15) is 45.6 Å². The Morgan fingerprint density at radius 2 is 1.96 bits per heavy atom. The summed E-state index contributed by atoms with van der Waals surface area (Å²) in [6, 6.07) is 2.07. The quantitative estimate of drug-likeness (QED) is 0.801. The zero-order valence-electron chi connectivity index (χ0n) is 14.3. The summed E-state index contributed by atoms with van der Waals surface area (Å²) in [5.41, 5.74) is -1.40. The van der Waals surface area contributed by atoms with Crippen molar-refractivity contribution in [2.75, 3.05) is 0 Å². The van der Waals surface area contributed by atoms with Crippen molar-refractivity contribution in [3.8, 4) is 5.88 Å². The minimum absolute atomic E-state index is 0.0410. The number of halogens is 3. The molecule has 3 unspecified atom stereocenters. The van der Waals surface area contributed by atoms with Crippen molar-refractivity contribution in [1.29, 1.82) is 0 Å². The van der Waals surface area contributed by atoms with Crippen LogP contribution in [0.2, 0.25) is 0 Å². The van der Waals surface area contributed by atoms with Crippen molar-refractivity contribution >= 4 is 6.09 Å². The lowest BCUT2D eigenvalue weighted by molar-refractivity contribution is -0.137. The standard InChI is InChI=1S/C17H21F3N2O3/c1-16(2,3)25-15(23)22-11-5-6-12(22)13(8-11)24-14-7-4-10(9-21-14)17(18,19)20/h4,7,9,11-13H,5-6,8H2,1-3H3. The molecule has 0 aromatic carbocycles. The highest BCUT2D eigenvalue weighted by Crippen LogP contribution is 2.40. The summed E-state index contributed by atoms with van der Waals surface area (Å²) in [5.74, 6) is 0.134. The van der Waals surface area contributed by atoms with Crippen LogP contribution in [0.3, 0.4) is 0 Å².